The van der Waals surface area contributed by atoms with Gasteiger partial charge in [0.25, 0.3) is 0 Å². The molecule has 1 aliphatic rings. The van der Waals surface area contributed by atoms with Crippen LogP contribution in [0.3, 0.4) is 0 Å². The molecule has 7 heteroatoms. The summed E-state index contributed by atoms with van der Waals surface area (Å²) in [5, 5.41) is 18.8. The number of imidazole rings is 1. The molecule has 0 spiro atoms. The summed E-state index contributed by atoms with van der Waals surface area (Å²) < 4.78 is 1.85. The van der Waals surface area contributed by atoms with Crippen LogP contribution >= 0.6 is 0 Å². The number of aliphatic hydroxyl groups excluding tert-OH is 2. The predicted octanol–water partition coefficient (Wildman–Crippen LogP) is -0.677. The molecule has 4 N–H and O–H groups in total. The largest absolute Gasteiger partial charge is 0.396 e. The molecule has 1 aliphatic carbocycles. The second-order valence-electron chi connectivity index (χ2n) is 4.30. The highest BCUT2D eigenvalue weighted by Gasteiger charge is 2.41. The average Bonchev–Trinajstić information content (AvgIpc) is 2.71. The first-order chi connectivity index (χ1) is 8.22. The van der Waals surface area contributed by atoms with Crippen LogP contribution in [0.1, 0.15) is 12.5 Å². The molecule has 1 saturated carbocycles. The van der Waals surface area contributed by atoms with Crippen LogP contribution in [0.2, 0.25) is 0 Å². The van der Waals surface area contributed by atoms with E-state index in [1.54, 1.807) is 6.33 Å². The number of nitrogen functional groups attached to an aromatic ring is 1. The number of hydrogen-bond donors (Lipinski definition) is 3. The fourth-order valence-corrected chi connectivity index (χ4v) is 2.33. The molecule has 0 unspecified atom stereocenters. The van der Waals surface area contributed by atoms with E-state index in [0.29, 0.717) is 23.4 Å². The zero-order chi connectivity index (χ0) is 12.0. The van der Waals surface area contributed by atoms with Crippen molar-refractivity contribution in [2.45, 2.75) is 18.6 Å². The topological polar surface area (TPSA) is 110 Å². The summed E-state index contributed by atoms with van der Waals surface area (Å²) in [6, 6.07) is 0.0225. The van der Waals surface area contributed by atoms with E-state index < -0.39 is 6.10 Å². The van der Waals surface area contributed by atoms with Gasteiger partial charge < -0.3 is 20.5 Å². The molecular weight excluding hydrogens is 222 g/mol. The summed E-state index contributed by atoms with van der Waals surface area (Å²) in [6.45, 7) is -0.0495. The summed E-state index contributed by atoms with van der Waals surface area (Å²) in [5.74, 6) is 0.178. The van der Waals surface area contributed by atoms with Crippen LogP contribution in [-0.2, 0) is 0 Å². The van der Waals surface area contributed by atoms with Gasteiger partial charge in [-0.1, -0.05) is 0 Å². The van der Waals surface area contributed by atoms with E-state index in [-0.39, 0.29) is 18.6 Å². The maximum atomic E-state index is 9.55. The first-order valence-corrected chi connectivity index (χ1v) is 5.44. The Balaban J connectivity index is 2.04. The molecular formula is C10H13N5O2. The Hall–Kier alpha value is -1.73. The second kappa shape index (κ2) is 3.64. The Morgan fingerprint density at radius 2 is 2.24 bits per heavy atom. The van der Waals surface area contributed by atoms with E-state index in [4.69, 9.17) is 5.73 Å². The van der Waals surface area contributed by atoms with Gasteiger partial charge in [-0.25, -0.2) is 15.0 Å². The number of nitrogens with two attached hydrogens (primary N) is 1. The molecule has 3 atom stereocenters. The van der Waals surface area contributed by atoms with Crippen LogP contribution < -0.4 is 5.73 Å². The zero-order valence-electron chi connectivity index (χ0n) is 9.06. The zero-order valence-corrected chi connectivity index (χ0v) is 9.06. The lowest BCUT2D eigenvalue weighted by Gasteiger charge is -2.41. The van der Waals surface area contributed by atoms with Gasteiger partial charge >= 0.3 is 0 Å². The Morgan fingerprint density at radius 1 is 1.41 bits per heavy atom. The molecule has 0 aromatic carbocycles. The SMILES string of the molecule is Nc1ncnc2c1ncn2[C@H]1C[C@@H](O)[C@@H]1CO. The molecule has 0 saturated heterocycles. The molecule has 0 aliphatic heterocycles. The van der Waals surface area contributed by atoms with Crippen molar-refractivity contribution in [1.29, 1.82) is 0 Å². The van der Waals surface area contributed by atoms with E-state index >= 15 is 0 Å². The Bertz CT molecular complexity index is 555. The van der Waals surface area contributed by atoms with E-state index in [9.17, 15) is 10.2 Å². The molecule has 0 radical (unpaired) electrons. The third kappa shape index (κ3) is 1.39. The number of aromatic nitrogens is 4. The normalized spacial score (nSPS) is 28.2. The summed E-state index contributed by atoms with van der Waals surface area (Å²) in [7, 11) is 0. The van der Waals surface area contributed by atoms with Crippen molar-refractivity contribution < 1.29 is 10.2 Å². The molecule has 0 amide bonds. The monoisotopic (exact) mass is 235 g/mol. The van der Waals surface area contributed by atoms with Gasteiger partial charge in [-0.3, -0.25) is 0 Å². The number of aliphatic hydroxyl groups is 2. The lowest BCUT2D eigenvalue weighted by molar-refractivity contribution is -0.0512. The Labute approximate surface area is 96.9 Å². The van der Waals surface area contributed by atoms with E-state index in [1.165, 1.54) is 6.33 Å². The van der Waals surface area contributed by atoms with Crippen molar-refractivity contribution >= 4 is 17.0 Å². The molecule has 17 heavy (non-hydrogen) atoms. The number of rotatable bonds is 2. The molecule has 0 bridgehead atoms. The maximum Gasteiger partial charge on any atom is 0.165 e. The third-order valence-corrected chi connectivity index (χ3v) is 3.43. The molecule has 7 nitrogen and oxygen atoms in total. The molecule has 2 aromatic rings. The number of nitrogens with zero attached hydrogens (tertiary/aromatic N) is 4. The van der Waals surface area contributed by atoms with Crippen LogP contribution in [0.4, 0.5) is 5.82 Å². The fourth-order valence-electron chi connectivity index (χ4n) is 2.33. The molecule has 3 rings (SSSR count). The van der Waals surface area contributed by atoms with Crippen LogP contribution in [0.25, 0.3) is 11.2 Å². The number of hydrogen-bond acceptors (Lipinski definition) is 6. The summed E-state index contributed by atoms with van der Waals surface area (Å²) in [6.07, 6.45) is 3.16. The Kier molecular flexibility index (Phi) is 2.23. The molecule has 2 aromatic heterocycles. The second-order valence-corrected chi connectivity index (χ2v) is 4.30. The minimum absolute atomic E-state index is 0.0225. The highest BCUT2D eigenvalue weighted by molar-refractivity contribution is 5.81. The predicted molar refractivity (Wildman–Crippen MR) is 60.0 cm³/mol. The van der Waals surface area contributed by atoms with Crippen LogP contribution in [0.5, 0.6) is 0 Å². The van der Waals surface area contributed by atoms with Gasteiger partial charge in [0.1, 0.15) is 11.8 Å². The molecule has 1 fully saturated rings. The minimum Gasteiger partial charge on any atom is -0.396 e. The summed E-state index contributed by atoms with van der Waals surface area (Å²) in [4.78, 5) is 12.2. The Morgan fingerprint density at radius 3 is 2.94 bits per heavy atom. The van der Waals surface area contributed by atoms with Gasteiger partial charge in [0.15, 0.2) is 11.5 Å². The molecule has 90 valence electrons. The van der Waals surface area contributed by atoms with E-state index in [1.807, 2.05) is 4.57 Å². The number of fused-ring (bicyclic) bond motifs is 1. The van der Waals surface area contributed by atoms with E-state index in [0.717, 1.165) is 0 Å². The molecule has 2 heterocycles. The standard InChI is InChI=1S/C10H13N5O2/c11-9-8-10(13-3-12-9)15(4-14-8)6-1-7(17)5(6)2-16/h3-7,16-17H,1-2H2,(H2,11,12,13)/t5-,6+,7-/m1/s1. The van der Waals surface area contributed by atoms with Crippen LogP contribution in [0, 0.1) is 5.92 Å². The van der Waals surface area contributed by atoms with Crippen molar-refractivity contribution in [3.63, 3.8) is 0 Å². The van der Waals surface area contributed by atoms with Crippen LogP contribution in [-0.4, -0.2) is 42.4 Å². The summed E-state index contributed by atoms with van der Waals surface area (Å²) in [5.41, 5.74) is 6.90. The van der Waals surface area contributed by atoms with Gasteiger partial charge in [-0.15, -0.1) is 0 Å². The smallest absolute Gasteiger partial charge is 0.165 e. The highest BCUT2D eigenvalue weighted by atomic mass is 16.3. The van der Waals surface area contributed by atoms with Crippen molar-refractivity contribution in [3.8, 4) is 0 Å². The van der Waals surface area contributed by atoms with Crippen molar-refractivity contribution in [2.24, 2.45) is 5.92 Å². The highest BCUT2D eigenvalue weighted by Crippen LogP contribution is 2.39. The van der Waals surface area contributed by atoms with Crippen LogP contribution in [0.15, 0.2) is 12.7 Å². The minimum atomic E-state index is -0.457. The van der Waals surface area contributed by atoms with Gasteiger partial charge in [-0.05, 0) is 6.42 Å². The van der Waals surface area contributed by atoms with Gasteiger partial charge in [-0.2, -0.15) is 0 Å². The van der Waals surface area contributed by atoms with Gasteiger partial charge in [0.2, 0.25) is 0 Å². The lowest BCUT2D eigenvalue weighted by atomic mass is 9.77. The van der Waals surface area contributed by atoms with Crippen molar-refractivity contribution in [1.82, 2.24) is 19.5 Å². The summed E-state index contributed by atoms with van der Waals surface area (Å²) >= 11 is 0. The van der Waals surface area contributed by atoms with Gasteiger partial charge in [0.05, 0.1) is 19.0 Å². The first kappa shape index (κ1) is 10.4. The average molecular weight is 235 g/mol. The quantitative estimate of drug-likeness (QED) is 0.636. The lowest BCUT2D eigenvalue weighted by Crippen LogP contribution is -2.44. The van der Waals surface area contributed by atoms with Crippen molar-refractivity contribution in [3.05, 3.63) is 12.7 Å². The van der Waals surface area contributed by atoms with Crippen molar-refractivity contribution in [2.75, 3.05) is 12.3 Å². The third-order valence-electron chi connectivity index (χ3n) is 3.43. The van der Waals surface area contributed by atoms with E-state index in [2.05, 4.69) is 15.0 Å². The number of anilines is 1. The fraction of sp³-hybridized carbons (Fsp3) is 0.500. The first-order valence-electron chi connectivity index (χ1n) is 5.44. The maximum absolute atomic E-state index is 9.55. The van der Waals surface area contributed by atoms with Gasteiger partial charge in [0, 0.05) is 12.0 Å².